The van der Waals surface area contributed by atoms with E-state index < -0.39 is 10.0 Å². The molecule has 1 saturated heterocycles. The number of amides is 1. The zero-order valence-electron chi connectivity index (χ0n) is 13.2. The molecular weight excluding hydrogens is 428 g/mol. The third kappa shape index (κ3) is 4.81. The zero-order chi connectivity index (χ0) is 17.9. The molecule has 0 radical (unpaired) electrons. The standard InChI is InChI=1S/C16H17BrN2O4S2/c17-14-5-3-13(23-14)4-6-15(20)19-9-7-12(8-10-19)18-25(21,22)16-2-1-11-24-16/h1-6,11-12,18H,7-10H2/b6-4+. The second-order valence-corrected chi connectivity index (χ2v) is 9.30. The number of carbonyl (C=O) groups is 1. The quantitative estimate of drug-likeness (QED) is 0.718. The smallest absolute Gasteiger partial charge is 0.250 e. The van der Waals surface area contributed by atoms with Crippen LogP contribution in [0.1, 0.15) is 18.6 Å². The number of likely N-dealkylation sites (tertiary alicyclic amines) is 1. The van der Waals surface area contributed by atoms with E-state index >= 15 is 0 Å². The third-order valence-corrected chi connectivity index (χ3v) is 7.22. The van der Waals surface area contributed by atoms with Gasteiger partial charge in [-0.1, -0.05) is 6.07 Å². The number of furan rings is 1. The number of halogens is 1. The Morgan fingerprint density at radius 1 is 1.32 bits per heavy atom. The Balaban J connectivity index is 1.51. The molecule has 3 rings (SSSR count). The lowest BCUT2D eigenvalue weighted by atomic mass is 10.1. The minimum Gasteiger partial charge on any atom is -0.450 e. The monoisotopic (exact) mass is 444 g/mol. The van der Waals surface area contributed by atoms with Crippen molar-refractivity contribution in [1.29, 1.82) is 0 Å². The highest BCUT2D eigenvalue weighted by Gasteiger charge is 2.26. The van der Waals surface area contributed by atoms with Gasteiger partial charge in [-0.15, -0.1) is 11.3 Å². The van der Waals surface area contributed by atoms with Gasteiger partial charge in [-0.05, 0) is 58.4 Å². The highest BCUT2D eigenvalue weighted by Crippen LogP contribution is 2.19. The maximum absolute atomic E-state index is 12.2. The van der Waals surface area contributed by atoms with Crippen LogP contribution in [-0.2, 0) is 14.8 Å². The molecule has 2 aromatic heterocycles. The van der Waals surface area contributed by atoms with Crippen LogP contribution in [0.25, 0.3) is 6.08 Å². The van der Waals surface area contributed by atoms with Gasteiger partial charge in [0.2, 0.25) is 15.9 Å². The van der Waals surface area contributed by atoms with Crippen LogP contribution in [0.5, 0.6) is 0 Å². The number of thiophene rings is 1. The minimum absolute atomic E-state index is 0.105. The molecule has 0 spiro atoms. The molecule has 2 aromatic rings. The Bertz CT molecular complexity index is 851. The summed E-state index contributed by atoms with van der Waals surface area (Å²) in [6.45, 7) is 1.03. The van der Waals surface area contributed by atoms with Crippen molar-refractivity contribution in [3.63, 3.8) is 0 Å². The van der Waals surface area contributed by atoms with E-state index in [2.05, 4.69) is 20.7 Å². The Labute approximate surface area is 158 Å². The average Bonchev–Trinajstić information content (AvgIpc) is 3.25. The summed E-state index contributed by atoms with van der Waals surface area (Å²) in [6, 6.07) is 6.67. The highest BCUT2D eigenvalue weighted by atomic mass is 79.9. The lowest BCUT2D eigenvalue weighted by Crippen LogP contribution is -2.46. The second-order valence-electron chi connectivity index (χ2n) is 5.63. The Morgan fingerprint density at radius 3 is 2.68 bits per heavy atom. The molecule has 1 aliphatic rings. The predicted octanol–water partition coefficient (Wildman–Crippen LogP) is 3.09. The summed E-state index contributed by atoms with van der Waals surface area (Å²) in [5, 5.41) is 1.74. The van der Waals surface area contributed by atoms with Gasteiger partial charge in [-0.2, -0.15) is 0 Å². The van der Waals surface area contributed by atoms with E-state index in [1.165, 1.54) is 17.4 Å². The van der Waals surface area contributed by atoms with Gasteiger partial charge in [-0.25, -0.2) is 13.1 Å². The van der Waals surface area contributed by atoms with Crippen LogP contribution >= 0.6 is 27.3 Å². The first kappa shape index (κ1) is 18.4. The van der Waals surface area contributed by atoms with Crippen LogP contribution in [0.3, 0.4) is 0 Å². The molecule has 1 fully saturated rings. The Kier molecular flexibility index (Phi) is 5.78. The fourth-order valence-corrected chi connectivity index (χ4v) is 5.22. The van der Waals surface area contributed by atoms with E-state index in [1.54, 1.807) is 40.6 Å². The molecule has 9 heteroatoms. The van der Waals surface area contributed by atoms with Crippen molar-refractivity contribution < 1.29 is 17.6 Å². The SMILES string of the molecule is O=C(/C=C/c1ccc(Br)o1)N1CCC(NS(=O)(=O)c2cccs2)CC1. The molecule has 1 amide bonds. The zero-order valence-corrected chi connectivity index (χ0v) is 16.4. The molecule has 0 unspecified atom stereocenters. The molecule has 0 aromatic carbocycles. The first-order chi connectivity index (χ1) is 11.9. The number of piperidine rings is 1. The molecule has 6 nitrogen and oxygen atoms in total. The number of sulfonamides is 1. The van der Waals surface area contributed by atoms with Crippen molar-refractivity contribution in [3.8, 4) is 0 Å². The van der Waals surface area contributed by atoms with Crippen molar-refractivity contribution in [1.82, 2.24) is 9.62 Å². The van der Waals surface area contributed by atoms with E-state index in [4.69, 9.17) is 4.42 Å². The lowest BCUT2D eigenvalue weighted by Gasteiger charge is -2.31. The van der Waals surface area contributed by atoms with E-state index in [-0.39, 0.29) is 11.9 Å². The summed E-state index contributed by atoms with van der Waals surface area (Å²) in [4.78, 5) is 13.9. The first-order valence-electron chi connectivity index (χ1n) is 7.72. The molecule has 1 N–H and O–H groups in total. The molecular formula is C16H17BrN2O4S2. The summed E-state index contributed by atoms with van der Waals surface area (Å²) < 4.78 is 33.4. The number of nitrogens with zero attached hydrogens (tertiary/aromatic N) is 1. The molecule has 25 heavy (non-hydrogen) atoms. The Hall–Kier alpha value is -1.42. The van der Waals surface area contributed by atoms with Gasteiger partial charge in [0.15, 0.2) is 4.67 Å². The third-order valence-electron chi connectivity index (χ3n) is 3.87. The fourth-order valence-electron chi connectivity index (χ4n) is 2.59. The van der Waals surface area contributed by atoms with E-state index in [1.807, 2.05) is 0 Å². The average molecular weight is 445 g/mol. The first-order valence-corrected chi connectivity index (χ1v) is 10.9. The van der Waals surface area contributed by atoms with E-state index in [0.717, 1.165) is 0 Å². The fraction of sp³-hybridized carbons (Fsp3) is 0.312. The summed E-state index contributed by atoms with van der Waals surface area (Å²) in [7, 11) is -3.46. The summed E-state index contributed by atoms with van der Waals surface area (Å²) in [5.74, 6) is 0.492. The van der Waals surface area contributed by atoms with Gasteiger partial charge in [0, 0.05) is 25.2 Å². The van der Waals surface area contributed by atoms with Crippen LogP contribution in [0.2, 0.25) is 0 Å². The summed E-state index contributed by atoms with van der Waals surface area (Å²) in [5.41, 5.74) is 0. The predicted molar refractivity (Wildman–Crippen MR) is 99.7 cm³/mol. The van der Waals surface area contributed by atoms with Crippen LogP contribution in [-0.4, -0.2) is 38.4 Å². The van der Waals surface area contributed by atoms with Crippen molar-refractivity contribution in [3.05, 3.63) is 46.2 Å². The highest BCUT2D eigenvalue weighted by molar-refractivity contribution is 9.10. The lowest BCUT2D eigenvalue weighted by molar-refractivity contribution is -0.126. The van der Waals surface area contributed by atoms with E-state index in [9.17, 15) is 13.2 Å². The minimum atomic E-state index is -3.46. The molecule has 0 atom stereocenters. The maximum Gasteiger partial charge on any atom is 0.250 e. The Morgan fingerprint density at radius 2 is 2.08 bits per heavy atom. The largest absolute Gasteiger partial charge is 0.450 e. The van der Waals surface area contributed by atoms with Crippen molar-refractivity contribution in [2.75, 3.05) is 13.1 Å². The molecule has 3 heterocycles. The van der Waals surface area contributed by atoms with Crippen molar-refractivity contribution in [2.24, 2.45) is 0 Å². The van der Waals surface area contributed by atoms with Crippen LogP contribution in [0, 0.1) is 0 Å². The van der Waals surface area contributed by atoms with Gasteiger partial charge < -0.3 is 9.32 Å². The normalized spacial score (nSPS) is 16.6. The number of nitrogens with one attached hydrogen (secondary N) is 1. The summed E-state index contributed by atoms with van der Waals surface area (Å²) >= 11 is 4.40. The van der Waals surface area contributed by atoms with Gasteiger partial charge in [0.05, 0.1) is 0 Å². The van der Waals surface area contributed by atoms with Crippen molar-refractivity contribution in [2.45, 2.75) is 23.1 Å². The topological polar surface area (TPSA) is 79.6 Å². The molecule has 0 aliphatic carbocycles. The molecule has 134 valence electrons. The second kappa shape index (κ2) is 7.86. The van der Waals surface area contributed by atoms with Crippen LogP contribution < -0.4 is 4.72 Å². The summed E-state index contributed by atoms with van der Waals surface area (Å²) in [6.07, 6.45) is 4.28. The number of hydrogen-bond donors (Lipinski definition) is 1. The number of rotatable bonds is 5. The van der Waals surface area contributed by atoms with Gasteiger partial charge in [-0.3, -0.25) is 4.79 Å². The molecule has 0 bridgehead atoms. The molecule has 0 saturated carbocycles. The van der Waals surface area contributed by atoms with Crippen LogP contribution in [0.4, 0.5) is 0 Å². The number of carbonyl (C=O) groups excluding carboxylic acids is 1. The van der Waals surface area contributed by atoms with Crippen LogP contribution in [0.15, 0.2) is 49.0 Å². The number of hydrogen-bond acceptors (Lipinski definition) is 5. The van der Waals surface area contributed by atoms with Gasteiger partial charge in [0.25, 0.3) is 0 Å². The van der Waals surface area contributed by atoms with Gasteiger partial charge >= 0.3 is 0 Å². The molecule has 1 aliphatic heterocycles. The maximum atomic E-state index is 12.2. The van der Waals surface area contributed by atoms with E-state index in [0.29, 0.717) is 40.6 Å². The van der Waals surface area contributed by atoms with Crippen molar-refractivity contribution >= 4 is 49.3 Å². The van der Waals surface area contributed by atoms with Gasteiger partial charge in [0.1, 0.15) is 9.97 Å².